The predicted molar refractivity (Wildman–Crippen MR) is 92.2 cm³/mol. The fourth-order valence-electron chi connectivity index (χ4n) is 2.34. The van der Waals surface area contributed by atoms with Gasteiger partial charge in [-0.15, -0.1) is 0 Å². The van der Waals surface area contributed by atoms with Gasteiger partial charge in [-0.05, 0) is 50.6 Å². The average Bonchev–Trinajstić information content (AvgIpc) is 2.88. The second-order valence-electron chi connectivity index (χ2n) is 6.52. The van der Waals surface area contributed by atoms with Gasteiger partial charge in [0.15, 0.2) is 0 Å². The molecular weight excluding hydrogens is 288 g/mol. The zero-order valence-electron chi connectivity index (χ0n) is 12.9. The molecule has 1 aliphatic rings. The highest BCUT2D eigenvalue weighted by Gasteiger charge is 2.21. The highest BCUT2D eigenvalue weighted by Crippen LogP contribution is 2.31. The van der Waals surface area contributed by atoms with E-state index in [0.717, 1.165) is 17.3 Å². The molecule has 2 rings (SSSR count). The lowest BCUT2D eigenvalue weighted by atomic mass is 10.1. The summed E-state index contributed by atoms with van der Waals surface area (Å²) in [6, 6.07) is 7.05. The van der Waals surface area contributed by atoms with E-state index >= 15 is 0 Å². The normalized spacial score (nSPS) is 19.4. The van der Waals surface area contributed by atoms with Gasteiger partial charge in [0.2, 0.25) is 0 Å². The van der Waals surface area contributed by atoms with Crippen LogP contribution in [0.25, 0.3) is 0 Å². The van der Waals surface area contributed by atoms with Gasteiger partial charge < -0.3 is 10.2 Å². The quantitative estimate of drug-likeness (QED) is 0.898. The number of hydrogen-bond acceptors (Lipinski definition) is 3. The number of nitrogens with one attached hydrogen (secondary N) is 1. The average molecular weight is 313 g/mol. The van der Waals surface area contributed by atoms with Crippen LogP contribution in [0.4, 0.5) is 5.69 Å². The topological polar surface area (TPSA) is 15.3 Å². The van der Waals surface area contributed by atoms with Gasteiger partial charge >= 0.3 is 0 Å². The van der Waals surface area contributed by atoms with Crippen molar-refractivity contribution in [3.63, 3.8) is 0 Å². The first-order valence-electron chi connectivity index (χ1n) is 7.21. The van der Waals surface area contributed by atoms with Crippen molar-refractivity contribution in [3.05, 3.63) is 28.8 Å². The second-order valence-corrected chi connectivity index (χ2v) is 8.07. The molecule has 0 saturated carbocycles. The minimum Gasteiger partial charge on any atom is -0.370 e. The van der Waals surface area contributed by atoms with Crippen LogP contribution in [-0.2, 0) is 6.54 Å². The van der Waals surface area contributed by atoms with Crippen LogP contribution in [0.5, 0.6) is 0 Å². The molecule has 0 amide bonds. The molecule has 0 aliphatic carbocycles. The molecule has 0 bridgehead atoms. The lowest BCUT2D eigenvalue weighted by Crippen LogP contribution is -2.35. The standard InChI is InChI=1S/C16H25ClN2S/c1-16(2,3)18-10-12-5-6-15(14(17)9-12)19(4)13-7-8-20-11-13/h5-6,9,13,18H,7-8,10-11H2,1-4H3. The van der Waals surface area contributed by atoms with Crippen LogP contribution < -0.4 is 10.2 Å². The summed E-state index contributed by atoms with van der Waals surface area (Å²) in [6.07, 6.45) is 1.25. The molecule has 1 aromatic rings. The third-order valence-corrected chi connectivity index (χ3v) is 5.12. The Hall–Kier alpha value is -0.380. The molecule has 112 valence electrons. The summed E-state index contributed by atoms with van der Waals surface area (Å²) in [5, 5.41) is 4.35. The molecule has 4 heteroatoms. The molecule has 1 atom stereocenters. The fraction of sp³-hybridized carbons (Fsp3) is 0.625. The van der Waals surface area contributed by atoms with Gasteiger partial charge in [-0.25, -0.2) is 0 Å². The van der Waals surface area contributed by atoms with E-state index in [1.165, 1.54) is 23.5 Å². The van der Waals surface area contributed by atoms with Crippen molar-refractivity contribution in [1.82, 2.24) is 5.32 Å². The monoisotopic (exact) mass is 312 g/mol. The van der Waals surface area contributed by atoms with Gasteiger partial charge in [-0.1, -0.05) is 17.7 Å². The number of rotatable bonds is 4. The van der Waals surface area contributed by atoms with Crippen LogP contribution in [0.2, 0.25) is 5.02 Å². The van der Waals surface area contributed by atoms with Crippen LogP contribution in [0.3, 0.4) is 0 Å². The van der Waals surface area contributed by atoms with Gasteiger partial charge in [0.05, 0.1) is 10.7 Å². The summed E-state index contributed by atoms with van der Waals surface area (Å²) in [6.45, 7) is 7.38. The SMILES string of the molecule is CN(c1ccc(CNC(C)(C)C)cc1Cl)C1CCSC1. The van der Waals surface area contributed by atoms with Crippen LogP contribution >= 0.6 is 23.4 Å². The fourth-order valence-corrected chi connectivity index (χ4v) is 3.94. The van der Waals surface area contributed by atoms with Gasteiger partial charge in [-0.3, -0.25) is 0 Å². The number of benzene rings is 1. The summed E-state index contributed by atoms with van der Waals surface area (Å²) >= 11 is 8.51. The van der Waals surface area contributed by atoms with E-state index in [0.29, 0.717) is 6.04 Å². The molecule has 0 radical (unpaired) electrons. The molecule has 20 heavy (non-hydrogen) atoms. The number of halogens is 1. The first kappa shape index (κ1) is 16.0. The van der Waals surface area contributed by atoms with E-state index in [1.807, 2.05) is 11.8 Å². The molecule has 1 heterocycles. The van der Waals surface area contributed by atoms with Crippen LogP contribution in [0.1, 0.15) is 32.8 Å². The van der Waals surface area contributed by atoms with E-state index < -0.39 is 0 Å². The van der Waals surface area contributed by atoms with Crippen LogP contribution in [0.15, 0.2) is 18.2 Å². The Bertz CT molecular complexity index is 450. The number of hydrogen-bond donors (Lipinski definition) is 1. The molecule has 1 aromatic carbocycles. The maximum atomic E-state index is 6.48. The van der Waals surface area contributed by atoms with Crippen molar-refractivity contribution in [2.45, 2.75) is 45.3 Å². The van der Waals surface area contributed by atoms with E-state index in [9.17, 15) is 0 Å². The number of nitrogens with zero attached hydrogens (tertiary/aromatic N) is 1. The number of anilines is 1. The number of thioether (sulfide) groups is 1. The van der Waals surface area contributed by atoms with Gasteiger partial charge in [0.25, 0.3) is 0 Å². The third-order valence-electron chi connectivity index (χ3n) is 3.67. The summed E-state index contributed by atoms with van der Waals surface area (Å²) in [4.78, 5) is 2.34. The Morgan fingerprint density at radius 2 is 2.15 bits per heavy atom. The molecule has 1 N–H and O–H groups in total. The van der Waals surface area contributed by atoms with Gasteiger partial charge in [-0.2, -0.15) is 11.8 Å². The minimum absolute atomic E-state index is 0.128. The molecule has 1 fully saturated rings. The van der Waals surface area contributed by atoms with Crippen LogP contribution in [-0.4, -0.2) is 30.1 Å². The molecule has 0 aromatic heterocycles. The molecular formula is C16H25ClN2S. The molecule has 2 nitrogen and oxygen atoms in total. The van der Waals surface area contributed by atoms with Gasteiger partial charge in [0, 0.05) is 30.9 Å². The Morgan fingerprint density at radius 3 is 2.70 bits per heavy atom. The first-order valence-corrected chi connectivity index (χ1v) is 8.74. The van der Waals surface area contributed by atoms with Crippen molar-refractivity contribution in [2.24, 2.45) is 0 Å². The lowest BCUT2D eigenvalue weighted by Gasteiger charge is -2.27. The Morgan fingerprint density at radius 1 is 1.40 bits per heavy atom. The lowest BCUT2D eigenvalue weighted by molar-refractivity contribution is 0.424. The molecule has 1 aliphatic heterocycles. The molecule has 1 saturated heterocycles. The molecule has 1 unspecified atom stereocenters. The largest absolute Gasteiger partial charge is 0.370 e. The summed E-state index contributed by atoms with van der Waals surface area (Å²) in [5.41, 5.74) is 2.52. The Kier molecular flexibility index (Phi) is 5.27. The Labute approximate surface area is 132 Å². The van der Waals surface area contributed by atoms with E-state index in [-0.39, 0.29) is 5.54 Å². The minimum atomic E-state index is 0.128. The van der Waals surface area contributed by atoms with Crippen molar-refractivity contribution in [2.75, 3.05) is 23.5 Å². The summed E-state index contributed by atoms with van der Waals surface area (Å²) < 4.78 is 0. The Balaban J connectivity index is 2.05. The first-order chi connectivity index (χ1) is 9.37. The maximum absolute atomic E-state index is 6.48. The van der Waals surface area contributed by atoms with Crippen molar-refractivity contribution < 1.29 is 0 Å². The van der Waals surface area contributed by atoms with Crippen molar-refractivity contribution in [3.8, 4) is 0 Å². The highest BCUT2D eigenvalue weighted by atomic mass is 35.5. The van der Waals surface area contributed by atoms with E-state index in [2.05, 4.69) is 56.2 Å². The highest BCUT2D eigenvalue weighted by molar-refractivity contribution is 7.99. The zero-order valence-corrected chi connectivity index (χ0v) is 14.4. The van der Waals surface area contributed by atoms with E-state index in [1.54, 1.807) is 0 Å². The summed E-state index contributed by atoms with van der Waals surface area (Å²) in [7, 11) is 2.16. The maximum Gasteiger partial charge on any atom is 0.0642 e. The van der Waals surface area contributed by atoms with Crippen LogP contribution in [0, 0.1) is 0 Å². The van der Waals surface area contributed by atoms with Gasteiger partial charge in [0.1, 0.15) is 0 Å². The van der Waals surface area contributed by atoms with E-state index in [4.69, 9.17) is 11.6 Å². The predicted octanol–water partition coefficient (Wildman–Crippen LogP) is 4.17. The smallest absolute Gasteiger partial charge is 0.0642 e. The summed E-state index contributed by atoms with van der Waals surface area (Å²) in [5.74, 6) is 2.47. The van der Waals surface area contributed by atoms with Crippen molar-refractivity contribution >= 4 is 29.1 Å². The molecule has 0 spiro atoms. The second kappa shape index (κ2) is 6.59. The third kappa shape index (κ3) is 4.31. The van der Waals surface area contributed by atoms with Crippen molar-refractivity contribution in [1.29, 1.82) is 0 Å². The zero-order chi connectivity index (χ0) is 14.8.